The molecule has 4 rings (SSSR count). The van der Waals surface area contributed by atoms with Gasteiger partial charge in [-0.2, -0.15) is 10.4 Å². The molecule has 0 radical (unpaired) electrons. The van der Waals surface area contributed by atoms with Gasteiger partial charge in [0.1, 0.15) is 24.2 Å². The number of likely N-dealkylation sites (tertiary alicyclic amines) is 1. The first-order valence-corrected chi connectivity index (χ1v) is 12.5. The highest BCUT2D eigenvalue weighted by molar-refractivity contribution is 6.06. The molecule has 1 saturated heterocycles. The highest BCUT2D eigenvalue weighted by atomic mass is 16.5. The molecule has 10 heteroatoms. The number of pyridine rings is 2. The predicted octanol–water partition coefficient (Wildman–Crippen LogP) is 3.13. The predicted molar refractivity (Wildman–Crippen MR) is 145 cm³/mol. The van der Waals surface area contributed by atoms with E-state index in [0.717, 1.165) is 5.69 Å². The summed E-state index contributed by atoms with van der Waals surface area (Å²) in [6, 6.07) is 9.68. The summed E-state index contributed by atoms with van der Waals surface area (Å²) in [6.07, 6.45) is 8.21. The van der Waals surface area contributed by atoms with E-state index in [1.165, 1.54) is 6.20 Å². The maximum absolute atomic E-state index is 11.1. The summed E-state index contributed by atoms with van der Waals surface area (Å²) in [4.78, 5) is 15.2. The molecule has 10 nitrogen and oxygen atoms in total. The van der Waals surface area contributed by atoms with Crippen molar-refractivity contribution in [2.75, 3.05) is 19.7 Å². The molecule has 0 saturated carbocycles. The summed E-state index contributed by atoms with van der Waals surface area (Å²) in [5.74, 6) is 1.09. The van der Waals surface area contributed by atoms with Crippen molar-refractivity contribution in [1.29, 1.82) is 5.26 Å². The van der Waals surface area contributed by atoms with Crippen molar-refractivity contribution in [2.45, 2.75) is 51.2 Å². The van der Waals surface area contributed by atoms with Crippen LogP contribution in [0.4, 0.5) is 0 Å². The van der Waals surface area contributed by atoms with E-state index in [0.29, 0.717) is 66.3 Å². The van der Waals surface area contributed by atoms with Crippen LogP contribution in [0.2, 0.25) is 0 Å². The van der Waals surface area contributed by atoms with Crippen LogP contribution in [0.5, 0.6) is 5.75 Å². The van der Waals surface area contributed by atoms with Gasteiger partial charge in [-0.25, -0.2) is 9.51 Å². The Morgan fingerprint density at radius 1 is 1.34 bits per heavy atom. The summed E-state index contributed by atoms with van der Waals surface area (Å²) < 4.78 is 7.37. The Balaban J connectivity index is 1.55. The molecular weight excluding hydrogens is 482 g/mol. The van der Waals surface area contributed by atoms with Crippen molar-refractivity contribution in [3.8, 4) is 11.8 Å². The van der Waals surface area contributed by atoms with Crippen LogP contribution in [0.15, 0.2) is 64.9 Å². The molecule has 0 aromatic carbocycles. The average Bonchev–Trinajstić information content (AvgIpc) is 3.31. The Bertz CT molecular complexity index is 1390. The zero-order valence-corrected chi connectivity index (χ0v) is 22.0. The third kappa shape index (κ3) is 6.43. The van der Waals surface area contributed by atoms with E-state index in [-0.39, 0.29) is 6.61 Å². The normalized spacial score (nSPS) is 16.4. The minimum Gasteiger partial charge on any atom is -0.489 e. The highest BCUT2D eigenvalue weighted by Gasteiger charge is 2.33. The lowest BCUT2D eigenvalue weighted by molar-refractivity contribution is -0.0142. The first-order chi connectivity index (χ1) is 18.1. The van der Waals surface area contributed by atoms with Crippen LogP contribution < -0.4 is 4.74 Å². The van der Waals surface area contributed by atoms with Gasteiger partial charge in [0.05, 0.1) is 40.9 Å². The molecule has 0 unspecified atom stereocenters. The van der Waals surface area contributed by atoms with Crippen molar-refractivity contribution >= 4 is 17.9 Å². The van der Waals surface area contributed by atoms with Gasteiger partial charge in [0.2, 0.25) is 0 Å². The fourth-order valence-electron chi connectivity index (χ4n) is 4.41. The maximum Gasteiger partial charge on any atom is 0.146 e. The minimum atomic E-state index is -1.01. The zero-order valence-electron chi connectivity index (χ0n) is 22.0. The molecule has 3 aromatic rings. The second-order valence-electron chi connectivity index (χ2n) is 10.2. The molecule has 0 aliphatic carbocycles. The van der Waals surface area contributed by atoms with Crippen molar-refractivity contribution in [3.05, 3.63) is 71.7 Å². The molecule has 0 atom stereocenters. The minimum absolute atomic E-state index is 0.0899. The van der Waals surface area contributed by atoms with Gasteiger partial charge >= 0.3 is 0 Å². The summed E-state index contributed by atoms with van der Waals surface area (Å²) in [5, 5.41) is 35.0. The summed E-state index contributed by atoms with van der Waals surface area (Å²) in [7, 11) is 0. The van der Waals surface area contributed by atoms with Crippen molar-refractivity contribution in [3.63, 3.8) is 0 Å². The lowest BCUT2D eigenvalue weighted by Gasteiger charge is -2.39. The number of nitriles is 1. The lowest BCUT2D eigenvalue weighted by Crippen LogP contribution is -2.45. The van der Waals surface area contributed by atoms with Gasteiger partial charge in [-0.1, -0.05) is 6.07 Å². The monoisotopic (exact) mass is 515 g/mol. The van der Waals surface area contributed by atoms with Crippen LogP contribution in [0.1, 0.15) is 50.4 Å². The molecule has 0 amide bonds. The third-order valence-corrected chi connectivity index (χ3v) is 6.48. The quantitative estimate of drug-likeness (QED) is 0.419. The number of nitrogens with zero attached hydrogens (tertiary/aromatic N) is 7. The number of aliphatic hydroxyl groups is 2. The molecule has 1 aliphatic heterocycles. The molecule has 4 heterocycles. The van der Waals surface area contributed by atoms with Crippen LogP contribution in [-0.4, -0.2) is 73.0 Å². The van der Waals surface area contributed by atoms with Gasteiger partial charge in [0.15, 0.2) is 0 Å². The number of piperidine rings is 1. The second kappa shape index (κ2) is 11.1. The Hall–Kier alpha value is -4.07. The molecule has 3 aromatic heterocycles. The first kappa shape index (κ1) is 27.0. The Labute approximate surface area is 222 Å². The Morgan fingerprint density at radius 2 is 2.11 bits per heavy atom. The first-order valence-electron chi connectivity index (χ1n) is 12.5. The fraction of sp³-hybridized carbons (Fsp3) is 0.393. The molecule has 38 heavy (non-hydrogen) atoms. The standard InChI is InChI=1S/C28H33N7O3/c1-20(24-13-23(38-19-27(2,3)36)18-35-26(24)21(15-29)16-33-35)32-17-25(30-4)34-11-8-28(37,9-12-34)14-22-7-5-6-10-31-22/h5-7,10,13,16-18,36-37H,4,8-9,11-12,14,19H2,1-3H3/b25-17+,32-20+. The van der Waals surface area contributed by atoms with Crippen molar-refractivity contribution < 1.29 is 14.9 Å². The van der Waals surface area contributed by atoms with Crippen molar-refractivity contribution in [1.82, 2.24) is 19.5 Å². The third-order valence-electron chi connectivity index (χ3n) is 6.48. The van der Waals surface area contributed by atoms with Gasteiger partial charge in [-0.05, 0) is 58.5 Å². The zero-order chi connectivity index (χ0) is 27.3. The van der Waals surface area contributed by atoms with E-state index in [4.69, 9.17) is 4.74 Å². The van der Waals surface area contributed by atoms with E-state index in [1.807, 2.05) is 25.1 Å². The van der Waals surface area contributed by atoms with E-state index in [1.54, 1.807) is 43.0 Å². The summed E-state index contributed by atoms with van der Waals surface area (Å²) >= 11 is 0. The van der Waals surface area contributed by atoms with Crippen LogP contribution in [-0.2, 0) is 6.42 Å². The molecular formula is C28H33N7O3. The summed E-state index contributed by atoms with van der Waals surface area (Å²) in [6.45, 7) is 10.2. The molecule has 0 spiro atoms. The number of hydrogen-bond donors (Lipinski definition) is 2. The Kier molecular flexibility index (Phi) is 7.90. The Morgan fingerprint density at radius 3 is 2.74 bits per heavy atom. The van der Waals surface area contributed by atoms with Crippen LogP contribution >= 0.6 is 0 Å². The fourth-order valence-corrected chi connectivity index (χ4v) is 4.41. The average molecular weight is 516 g/mol. The molecule has 2 N–H and O–H groups in total. The van der Waals surface area contributed by atoms with Gasteiger partial charge in [0.25, 0.3) is 0 Å². The molecule has 0 bridgehead atoms. The SMILES string of the molecule is C=N/C(=C\N=C(/C)c1cc(OCC(C)(C)O)cn2ncc(C#N)c12)N1CCC(O)(Cc2ccccn2)CC1. The van der Waals surface area contributed by atoms with Gasteiger partial charge in [0, 0.05) is 42.7 Å². The molecule has 198 valence electrons. The lowest BCUT2D eigenvalue weighted by atomic mass is 9.87. The number of fused-ring (bicyclic) bond motifs is 1. The smallest absolute Gasteiger partial charge is 0.146 e. The number of ether oxygens (including phenoxy) is 1. The van der Waals surface area contributed by atoms with Gasteiger partial charge < -0.3 is 19.8 Å². The second-order valence-corrected chi connectivity index (χ2v) is 10.2. The van der Waals surface area contributed by atoms with Gasteiger partial charge in [-0.3, -0.25) is 9.98 Å². The number of aliphatic imine (C=N–C) groups is 2. The van der Waals surface area contributed by atoms with E-state index < -0.39 is 11.2 Å². The van der Waals surface area contributed by atoms with Gasteiger partial charge in [-0.15, -0.1) is 0 Å². The number of aromatic nitrogens is 3. The largest absolute Gasteiger partial charge is 0.489 e. The van der Waals surface area contributed by atoms with Crippen molar-refractivity contribution in [2.24, 2.45) is 9.98 Å². The van der Waals surface area contributed by atoms with E-state index >= 15 is 0 Å². The van der Waals surface area contributed by atoms with Crippen LogP contribution in [0, 0.1) is 11.3 Å². The maximum atomic E-state index is 11.1. The topological polar surface area (TPSA) is 132 Å². The number of rotatable bonds is 9. The highest BCUT2D eigenvalue weighted by Crippen LogP contribution is 2.28. The molecule has 1 fully saturated rings. The number of hydrogen-bond acceptors (Lipinski definition) is 9. The van der Waals surface area contributed by atoms with E-state index in [9.17, 15) is 15.5 Å². The van der Waals surface area contributed by atoms with E-state index in [2.05, 4.69) is 37.8 Å². The molecule has 1 aliphatic rings. The van der Waals surface area contributed by atoms with Crippen LogP contribution in [0.25, 0.3) is 5.52 Å². The van der Waals surface area contributed by atoms with Crippen LogP contribution in [0.3, 0.4) is 0 Å². The summed E-state index contributed by atoms with van der Waals surface area (Å²) in [5.41, 5.74) is 1.38.